The largest absolute Gasteiger partial charge is 0.321 e. The first-order valence-corrected chi connectivity index (χ1v) is 5.88. The number of hydrogen-bond acceptors (Lipinski definition) is 3. The van der Waals surface area contributed by atoms with Crippen LogP contribution < -0.4 is 5.32 Å². The van der Waals surface area contributed by atoms with E-state index in [1.54, 1.807) is 37.3 Å². The van der Waals surface area contributed by atoms with Gasteiger partial charge in [-0.2, -0.15) is 0 Å². The van der Waals surface area contributed by atoms with Crippen molar-refractivity contribution in [3.8, 4) is 0 Å². The predicted octanol–water partition coefficient (Wildman–Crippen LogP) is 3.34. The van der Waals surface area contributed by atoms with Crippen molar-refractivity contribution >= 4 is 34.8 Å². The van der Waals surface area contributed by atoms with Crippen molar-refractivity contribution in [3.63, 3.8) is 0 Å². The van der Waals surface area contributed by atoms with Gasteiger partial charge in [0.15, 0.2) is 0 Å². The summed E-state index contributed by atoms with van der Waals surface area (Å²) in [4.78, 5) is 19.7. The van der Waals surface area contributed by atoms with Gasteiger partial charge in [0.1, 0.15) is 5.69 Å². The Bertz CT molecular complexity index is 564. The molecule has 2 rings (SSSR count). The number of nitrogens with one attached hydrogen (secondary N) is 1. The summed E-state index contributed by atoms with van der Waals surface area (Å²) in [6, 6.07) is 8.35. The quantitative estimate of drug-likeness (QED) is 0.859. The Morgan fingerprint density at radius 2 is 1.83 bits per heavy atom. The van der Waals surface area contributed by atoms with Crippen LogP contribution in [0.5, 0.6) is 0 Å². The van der Waals surface area contributed by atoms with E-state index in [1.165, 1.54) is 0 Å². The van der Waals surface area contributed by atoms with Crippen molar-refractivity contribution in [2.75, 3.05) is 5.32 Å². The maximum absolute atomic E-state index is 11.9. The van der Waals surface area contributed by atoms with E-state index in [2.05, 4.69) is 15.3 Å². The van der Waals surface area contributed by atoms with Crippen LogP contribution in [0.4, 0.5) is 5.69 Å². The number of benzene rings is 1. The number of rotatable bonds is 2. The highest BCUT2D eigenvalue weighted by atomic mass is 35.5. The fourth-order valence-electron chi connectivity index (χ4n) is 1.38. The lowest BCUT2D eigenvalue weighted by atomic mass is 10.3. The average Bonchev–Trinajstić information content (AvgIpc) is 2.31. The SMILES string of the molecule is Cc1cc(C(=O)Nc2ccc(Cl)cc2)nc(Cl)n1. The van der Waals surface area contributed by atoms with Crippen LogP contribution in [0.15, 0.2) is 30.3 Å². The van der Waals surface area contributed by atoms with Gasteiger partial charge in [0.05, 0.1) is 0 Å². The molecule has 2 aromatic rings. The van der Waals surface area contributed by atoms with E-state index in [-0.39, 0.29) is 16.9 Å². The van der Waals surface area contributed by atoms with E-state index >= 15 is 0 Å². The van der Waals surface area contributed by atoms with E-state index in [9.17, 15) is 4.79 Å². The standard InChI is InChI=1S/C12H9Cl2N3O/c1-7-6-10(17-12(14)15-7)11(18)16-9-4-2-8(13)3-5-9/h2-6H,1H3,(H,16,18). The summed E-state index contributed by atoms with van der Waals surface area (Å²) in [5.74, 6) is -0.343. The first kappa shape index (κ1) is 12.8. The summed E-state index contributed by atoms with van der Waals surface area (Å²) >= 11 is 11.5. The molecule has 1 aromatic carbocycles. The van der Waals surface area contributed by atoms with Crippen molar-refractivity contribution in [2.24, 2.45) is 0 Å². The number of carbonyl (C=O) groups is 1. The molecule has 0 spiro atoms. The van der Waals surface area contributed by atoms with Crippen LogP contribution >= 0.6 is 23.2 Å². The van der Waals surface area contributed by atoms with E-state index in [0.29, 0.717) is 16.4 Å². The highest BCUT2D eigenvalue weighted by Crippen LogP contribution is 2.14. The fourth-order valence-corrected chi connectivity index (χ4v) is 1.73. The summed E-state index contributed by atoms with van der Waals surface area (Å²) in [6.07, 6.45) is 0. The predicted molar refractivity (Wildman–Crippen MR) is 71.2 cm³/mol. The zero-order chi connectivity index (χ0) is 13.1. The molecule has 0 radical (unpaired) electrons. The molecule has 0 fully saturated rings. The lowest BCUT2D eigenvalue weighted by Crippen LogP contribution is -2.14. The van der Waals surface area contributed by atoms with Crippen LogP contribution in [0.1, 0.15) is 16.2 Å². The van der Waals surface area contributed by atoms with Crippen molar-refractivity contribution < 1.29 is 4.79 Å². The van der Waals surface area contributed by atoms with Crippen LogP contribution in [-0.4, -0.2) is 15.9 Å². The minimum Gasteiger partial charge on any atom is -0.321 e. The third-order valence-corrected chi connectivity index (χ3v) is 2.58. The Labute approximate surface area is 114 Å². The molecular weight excluding hydrogens is 273 g/mol. The average molecular weight is 282 g/mol. The molecule has 0 bridgehead atoms. The highest BCUT2D eigenvalue weighted by molar-refractivity contribution is 6.30. The number of halogens is 2. The van der Waals surface area contributed by atoms with Crippen LogP contribution in [0, 0.1) is 6.92 Å². The fraction of sp³-hybridized carbons (Fsp3) is 0.0833. The van der Waals surface area contributed by atoms with E-state index in [0.717, 1.165) is 0 Å². The summed E-state index contributed by atoms with van der Waals surface area (Å²) in [5, 5.41) is 3.35. The number of anilines is 1. The number of hydrogen-bond donors (Lipinski definition) is 1. The molecule has 1 amide bonds. The van der Waals surface area contributed by atoms with Gasteiger partial charge in [0.2, 0.25) is 5.28 Å². The molecule has 0 aliphatic heterocycles. The second kappa shape index (κ2) is 5.33. The number of aromatic nitrogens is 2. The molecule has 0 atom stereocenters. The Morgan fingerprint density at radius 1 is 1.17 bits per heavy atom. The molecule has 0 aliphatic carbocycles. The van der Waals surface area contributed by atoms with Gasteiger partial charge >= 0.3 is 0 Å². The third-order valence-electron chi connectivity index (χ3n) is 2.16. The number of amides is 1. The van der Waals surface area contributed by atoms with Gasteiger partial charge in [-0.1, -0.05) is 11.6 Å². The normalized spacial score (nSPS) is 10.2. The van der Waals surface area contributed by atoms with Crippen LogP contribution in [0.2, 0.25) is 10.3 Å². The van der Waals surface area contributed by atoms with Gasteiger partial charge in [-0.15, -0.1) is 0 Å². The zero-order valence-electron chi connectivity index (χ0n) is 9.45. The van der Waals surface area contributed by atoms with E-state index in [1.807, 2.05) is 0 Å². The van der Waals surface area contributed by atoms with Crippen molar-refractivity contribution in [1.29, 1.82) is 0 Å². The number of nitrogens with zero attached hydrogens (tertiary/aromatic N) is 2. The summed E-state index contributed by atoms with van der Waals surface area (Å²) < 4.78 is 0. The second-order valence-corrected chi connectivity index (χ2v) is 4.40. The van der Waals surface area contributed by atoms with Crippen molar-refractivity contribution in [2.45, 2.75) is 6.92 Å². The van der Waals surface area contributed by atoms with Crippen LogP contribution in [0.3, 0.4) is 0 Å². The number of carbonyl (C=O) groups excluding carboxylic acids is 1. The van der Waals surface area contributed by atoms with Gasteiger partial charge in [-0.05, 0) is 48.9 Å². The van der Waals surface area contributed by atoms with Gasteiger partial charge in [0, 0.05) is 16.4 Å². The maximum Gasteiger partial charge on any atom is 0.274 e. The lowest BCUT2D eigenvalue weighted by molar-refractivity contribution is 0.102. The smallest absolute Gasteiger partial charge is 0.274 e. The molecule has 1 heterocycles. The summed E-state index contributed by atoms with van der Waals surface area (Å²) in [6.45, 7) is 1.74. The van der Waals surface area contributed by atoms with Crippen LogP contribution in [-0.2, 0) is 0 Å². The third kappa shape index (κ3) is 3.18. The van der Waals surface area contributed by atoms with Crippen molar-refractivity contribution in [3.05, 3.63) is 52.0 Å². The van der Waals surface area contributed by atoms with Crippen molar-refractivity contribution in [1.82, 2.24) is 9.97 Å². The van der Waals surface area contributed by atoms with E-state index in [4.69, 9.17) is 23.2 Å². The molecule has 1 N–H and O–H groups in total. The van der Waals surface area contributed by atoms with Gasteiger partial charge < -0.3 is 5.32 Å². The molecular formula is C12H9Cl2N3O. The zero-order valence-corrected chi connectivity index (χ0v) is 11.0. The Kier molecular flexibility index (Phi) is 3.79. The van der Waals surface area contributed by atoms with Gasteiger partial charge in [0.25, 0.3) is 5.91 Å². The monoisotopic (exact) mass is 281 g/mol. The molecule has 0 saturated carbocycles. The number of aryl methyl sites for hydroxylation is 1. The molecule has 1 aromatic heterocycles. The Hall–Kier alpha value is -1.65. The first-order chi connectivity index (χ1) is 8.54. The van der Waals surface area contributed by atoms with Crippen LogP contribution in [0.25, 0.3) is 0 Å². The Morgan fingerprint density at radius 3 is 2.44 bits per heavy atom. The molecule has 18 heavy (non-hydrogen) atoms. The molecule has 0 saturated heterocycles. The topological polar surface area (TPSA) is 54.9 Å². The minimum absolute atomic E-state index is 0.0521. The first-order valence-electron chi connectivity index (χ1n) is 5.13. The highest BCUT2D eigenvalue weighted by Gasteiger charge is 2.10. The van der Waals surface area contributed by atoms with E-state index < -0.39 is 0 Å². The summed E-state index contributed by atoms with van der Waals surface area (Å²) in [7, 11) is 0. The second-order valence-electron chi connectivity index (χ2n) is 3.62. The Balaban J connectivity index is 2.19. The molecule has 4 nitrogen and oxygen atoms in total. The maximum atomic E-state index is 11.9. The summed E-state index contributed by atoms with van der Waals surface area (Å²) in [5.41, 5.74) is 1.50. The molecule has 92 valence electrons. The van der Waals surface area contributed by atoms with Gasteiger partial charge in [-0.3, -0.25) is 4.79 Å². The molecule has 0 unspecified atom stereocenters. The van der Waals surface area contributed by atoms with Gasteiger partial charge in [-0.25, -0.2) is 9.97 Å². The molecule has 0 aliphatic rings. The minimum atomic E-state index is -0.343. The molecule has 6 heteroatoms. The lowest BCUT2D eigenvalue weighted by Gasteiger charge is -2.05.